The van der Waals surface area contributed by atoms with Crippen LogP contribution < -0.4 is 16.0 Å². The van der Waals surface area contributed by atoms with Crippen LogP contribution in [0.2, 0.25) is 0 Å². The van der Waals surface area contributed by atoms with Gasteiger partial charge in [-0.25, -0.2) is 0 Å². The van der Waals surface area contributed by atoms with Crippen LogP contribution in [0.4, 0.5) is 0 Å². The standard InChI is InChI=1S/C16H28N6O.HI/c1-11-14(12(2)22(4)21-11)10-19-16(17-3)18-9-5-6-15(23)20-13-7-8-13;/h13H,5-10H2,1-4H3,(H,20,23)(H2,17,18,19);1H. The van der Waals surface area contributed by atoms with E-state index in [1.807, 2.05) is 18.7 Å². The predicted octanol–water partition coefficient (Wildman–Crippen LogP) is 1.38. The lowest BCUT2D eigenvalue weighted by Gasteiger charge is -2.12. The number of amides is 1. The number of hydrogen-bond acceptors (Lipinski definition) is 3. The Morgan fingerprint density at radius 3 is 2.58 bits per heavy atom. The predicted molar refractivity (Wildman–Crippen MR) is 107 cm³/mol. The first-order valence-corrected chi connectivity index (χ1v) is 8.24. The van der Waals surface area contributed by atoms with Gasteiger partial charge < -0.3 is 16.0 Å². The molecule has 0 aliphatic heterocycles. The van der Waals surface area contributed by atoms with Gasteiger partial charge in [0.15, 0.2) is 5.96 Å². The molecule has 8 heteroatoms. The summed E-state index contributed by atoms with van der Waals surface area (Å²) in [6.45, 7) is 5.49. The second-order valence-corrected chi connectivity index (χ2v) is 6.07. The van der Waals surface area contributed by atoms with Crippen LogP contribution >= 0.6 is 24.0 Å². The number of rotatable bonds is 7. The van der Waals surface area contributed by atoms with Crippen molar-refractivity contribution >= 4 is 35.8 Å². The molecule has 0 bridgehead atoms. The minimum Gasteiger partial charge on any atom is -0.356 e. The molecule has 1 aromatic rings. The first kappa shape index (κ1) is 20.7. The molecule has 0 radical (unpaired) electrons. The SMILES string of the molecule is CN=C(NCCCC(=O)NC1CC1)NCc1c(C)nn(C)c1C.I. The molecule has 1 aliphatic rings. The Balaban J connectivity index is 0.00000288. The highest BCUT2D eigenvalue weighted by atomic mass is 127. The summed E-state index contributed by atoms with van der Waals surface area (Å²) in [6, 6.07) is 0.441. The van der Waals surface area contributed by atoms with E-state index in [-0.39, 0.29) is 29.9 Å². The van der Waals surface area contributed by atoms with E-state index in [4.69, 9.17) is 0 Å². The minimum absolute atomic E-state index is 0. The van der Waals surface area contributed by atoms with Crippen molar-refractivity contribution in [1.29, 1.82) is 0 Å². The Kier molecular flexibility index (Phi) is 8.51. The number of guanidine groups is 1. The summed E-state index contributed by atoms with van der Waals surface area (Å²) in [6.07, 6.45) is 3.62. The zero-order valence-electron chi connectivity index (χ0n) is 15.0. The molecule has 0 saturated heterocycles. The molecule has 3 N–H and O–H groups in total. The molecule has 0 aromatic carbocycles. The Morgan fingerprint density at radius 1 is 1.33 bits per heavy atom. The number of aryl methyl sites for hydroxylation is 2. The molecule has 136 valence electrons. The molecule has 1 amide bonds. The van der Waals surface area contributed by atoms with Crippen LogP contribution in [-0.2, 0) is 18.4 Å². The van der Waals surface area contributed by atoms with Gasteiger partial charge in [-0.05, 0) is 33.1 Å². The van der Waals surface area contributed by atoms with Gasteiger partial charge >= 0.3 is 0 Å². The minimum atomic E-state index is 0. The number of aromatic nitrogens is 2. The fourth-order valence-corrected chi connectivity index (χ4v) is 2.45. The molecular weight excluding hydrogens is 419 g/mol. The quantitative estimate of drug-likeness (QED) is 0.255. The van der Waals surface area contributed by atoms with Crippen molar-refractivity contribution in [3.05, 3.63) is 17.0 Å². The Morgan fingerprint density at radius 2 is 2.04 bits per heavy atom. The third-order valence-electron chi connectivity index (χ3n) is 4.13. The van der Waals surface area contributed by atoms with Crippen molar-refractivity contribution in [3.8, 4) is 0 Å². The largest absolute Gasteiger partial charge is 0.356 e. The summed E-state index contributed by atoms with van der Waals surface area (Å²) in [5.74, 6) is 0.897. The van der Waals surface area contributed by atoms with Crippen LogP contribution in [0.3, 0.4) is 0 Å². The second kappa shape index (κ2) is 9.85. The molecule has 1 saturated carbocycles. The first-order valence-electron chi connectivity index (χ1n) is 8.24. The maximum atomic E-state index is 11.6. The van der Waals surface area contributed by atoms with Gasteiger partial charge in [-0.15, -0.1) is 24.0 Å². The monoisotopic (exact) mass is 448 g/mol. The number of halogens is 1. The van der Waals surface area contributed by atoms with Crippen molar-refractivity contribution in [3.63, 3.8) is 0 Å². The molecule has 1 fully saturated rings. The summed E-state index contributed by atoms with van der Waals surface area (Å²) in [4.78, 5) is 15.8. The third kappa shape index (κ3) is 6.29. The maximum absolute atomic E-state index is 11.6. The molecule has 1 aliphatic carbocycles. The summed E-state index contributed by atoms with van der Waals surface area (Å²) in [5, 5.41) is 13.9. The lowest BCUT2D eigenvalue weighted by atomic mass is 10.2. The molecule has 1 aromatic heterocycles. The number of nitrogens with zero attached hydrogens (tertiary/aromatic N) is 3. The van der Waals surface area contributed by atoms with Crippen LogP contribution in [0.25, 0.3) is 0 Å². The van der Waals surface area contributed by atoms with E-state index in [2.05, 4.69) is 33.0 Å². The number of hydrogen-bond donors (Lipinski definition) is 3. The van der Waals surface area contributed by atoms with E-state index >= 15 is 0 Å². The van der Waals surface area contributed by atoms with Gasteiger partial charge in [0.25, 0.3) is 0 Å². The Labute approximate surface area is 161 Å². The number of nitrogens with one attached hydrogen (secondary N) is 3. The number of carbonyl (C=O) groups excluding carboxylic acids is 1. The van der Waals surface area contributed by atoms with Crippen molar-refractivity contribution < 1.29 is 4.79 Å². The van der Waals surface area contributed by atoms with Gasteiger partial charge in [0.1, 0.15) is 0 Å². The fraction of sp³-hybridized carbons (Fsp3) is 0.688. The van der Waals surface area contributed by atoms with Crippen LogP contribution in [0.5, 0.6) is 0 Å². The van der Waals surface area contributed by atoms with Gasteiger partial charge in [0, 0.05) is 50.9 Å². The highest BCUT2D eigenvalue weighted by Crippen LogP contribution is 2.18. The average molecular weight is 448 g/mol. The van der Waals surface area contributed by atoms with E-state index in [0.29, 0.717) is 19.0 Å². The summed E-state index contributed by atoms with van der Waals surface area (Å²) in [5.41, 5.74) is 3.38. The molecule has 2 rings (SSSR count). The maximum Gasteiger partial charge on any atom is 0.220 e. The zero-order chi connectivity index (χ0) is 16.8. The van der Waals surface area contributed by atoms with Gasteiger partial charge in [-0.3, -0.25) is 14.5 Å². The number of carbonyl (C=O) groups is 1. The molecule has 0 atom stereocenters. The average Bonchev–Trinajstić information content (AvgIpc) is 3.28. The van der Waals surface area contributed by atoms with Crippen LogP contribution in [-0.4, -0.2) is 41.3 Å². The fourth-order valence-electron chi connectivity index (χ4n) is 2.45. The normalized spacial score (nSPS) is 14.1. The van der Waals surface area contributed by atoms with Gasteiger partial charge in [-0.2, -0.15) is 5.10 Å². The van der Waals surface area contributed by atoms with Crippen molar-refractivity contribution in [2.45, 2.75) is 52.1 Å². The summed E-state index contributed by atoms with van der Waals surface area (Å²) < 4.78 is 1.89. The Hall–Kier alpha value is -1.32. The van der Waals surface area contributed by atoms with E-state index in [1.54, 1.807) is 7.05 Å². The van der Waals surface area contributed by atoms with Gasteiger partial charge in [0.2, 0.25) is 5.91 Å². The molecule has 1 heterocycles. The van der Waals surface area contributed by atoms with Crippen LogP contribution in [0.1, 0.15) is 42.6 Å². The number of aliphatic imine (C=N–C) groups is 1. The first-order chi connectivity index (χ1) is 11.0. The zero-order valence-corrected chi connectivity index (χ0v) is 17.3. The highest BCUT2D eigenvalue weighted by molar-refractivity contribution is 14.0. The van der Waals surface area contributed by atoms with E-state index < -0.39 is 0 Å². The van der Waals surface area contributed by atoms with Crippen molar-refractivity contribution in [1.82, 2.24) is 25.7 Å². The molecule has 7 nitrogen and oxygen atoms in total. The third-order valence-corrected chi connectivity index (χ3v) is 4.13. The van der Waals surface area contributed by atoms with Gasteiger partial charge in [-0.1, -0.05) is 0 Å². The van der Waals surface area contributed by atoms with Crippen LogP contribution in [0, 0.1) is 13.8 Å². The van der Waals surface area contributed by atoms with E-state index in [1.165, 1.54) is 5.56 Å². The van der Waals surface area contributed by atoms with Gasteiger partial charge in [0.05, 0.1) is 5.69 Å². The smallest absolute Gasteiger partial charge is 0.220 e. The molecular formula is C16H29IN6O. The topological polar surface area (TPSA) is 83.3 Å². The Bertz CT molecular complexity index is 579. The summed E-state index contributed by atoms with van der Waals surface area (Å²) in [7, 11) is 3.70. The van der Waals surface area contributed by atoms with Crippen molar-refractivity contribution in [2.24, 2.45) is 12.0 Å². The molecule has 24 heavy (non-hydrogen) atoms. The lowest BCUT2D eigenvalue weighted by molar-refractivity contribution is -0.121. The van der Waals surface area contributed by atoms with Crippen molar-refractivity contribution in [2.75, 3.05) is 13.6 Å². The van der Waals surface area contributed by atoms with Crippen LogP contribution in [0.15, 0.2) is 4.99 Å². The van der Waals surface area contributed by atoms with E-state index in [0.717, 1.165) is 43.2 Å². The van der Waals surface area contributed by atoms with E-state index in [9.17, 15) is 4.79 Å². The lowest BCUT2D eigenvalue weighted by Crippen LogP contribution is -2.38. The highest BCUT2D eigenvalue weighted by Gasteiger charge is 2.22. The molecule has 0 spiro atoms. The summed E-state index contributed by atoms with van der Waals surface area (Å²) >= 11 is 0. The molecule has 0 unspecified atom stereocenters. The second-order valence-electron chi connectivity index (χ2n) is 6.07.